The third kappa shape index (κ3) is 4.44. The number of carbonyl (C=O) groups excluding carboxylic acids is 1. The molecule has 1 amide bonds. The molecule has 1 aromatic rings. The molecule has 1 N–H and O–H groups in total. The summed E-state index contributed by atoms with van der Waals surface area (Å²) in [7, 11) is 0. The van der Waals surface area contributed by atoms with Crippen molar-refractivity contribution in [2.24, 2.45) is 0 Å². The largest absolute Gasteiger partial charge is 0.326 e. The topological polar surface area (TPSA) is 29.1 Å². The van der Waals surface area contributed by atoms with E-state index in [-0.39, 0.29) is 17.1 Å². The van der Waals surface area contributed by atoms with Gasteiger partial charge in [-0.2, -0.15) is 0 Å². The first-order valence-electron chi connectivity index (χ1n) is 7.88. The van der Waals surface area contributed by atoms with Crippen LogP contribution in [0.1, 0.15) is 68.4 Å². The Morgan fingerprint density at radius 2 is 2.00 bits per heavy atom. The van der Waals surface area contributed by atoms with E-state index in [1.807, 2.05) is 6.07 Å². The predicted octanol–water partition coefficient (Wildman–Crippen LogP) is 5.35. The fraction of sp³-hybridized carbons (Fsp3) is 0.588. The molecule has 0 radical (unpaired) electrons. The van der Waals surface area contributed by atoms with Crippen LogP contribution in [0.25, 0.3) is 0 Å². The fourth-order valence-electron chi connectivity index (χ4n) is 2.74. The van der Waals surface area contributed by atoms with Gasteiger partial charge in [0.25, 0.3) is 0 Å². The zero-order valence-electron chi connectivity index (χ0n) is 12.6. The molecule has 0 spiro atoms. The number of alkyl halides is 1. The van der Waals surface area contributed by atoms with Gasteiger partial charge in [0.15, 0.2) is 0 Å². The molecule has 0 saturated heterocycles. The van der Waals surface area contributed by atoms with Gasteiger partial charge in [-0.25, -0.2) is 4.39 Å². The molecule has 1 aliphatic rings. The molecular weight excluding hydrogens is 289 g/mol. The predicted molar refractivity (Wildman–Crippen MR) is 85.3 cm³/mol. The van der Waals surface area contributed by atoms with Crippen molar-refractivity contribution in [3.8, 4) is 0 Å². The van der Waals surface area contributed by atoms with Gasteiger partial charge in [-0.3, -0.25) is 4.79 Å². The third-order valence-corrected chi connectivity index (χ3v) is 4.47. The van der Waals surface area contributed by atoms with Gasteiger partial charge >= 0.3 is 0 Å². The van der Waals surface area contributed by atoms with Crippen LogP contribution in [0.3, 0.4) is 0 Å². The lowest BCUT2D eigenvalue weighted by Crippen LogP contribution is -2.19. The van der Waals surface area contributed by atoms with E-state index in [0.717, 1.165) is 24.8 Å². The van der Waals surface area contributed by atoms with E-state index in [1.165, 1.54) is 25.3 Å². The highest BCUT2D eigenvalue weighted by molar-refractivity contribution is 6.20. The van der Waals surface area contributed by atoms with Crippen LogP contribution in [0.15, 0.2) is 12.1 Å². The highest BCUT2D eigenvalue weighted by atomic mass is 35.5. The zero-order valence-corrected chi connectivity index (χ0v) is 13.3. The van der Waals surface area contributed by atoms with Gasteiger partial charge in [-0.05, 0) is 30.5 Å². The van der Waals surface area contributed by atoms with Gasteiger partial charge in [0.1, 0.15) is 5.82 Å². The average Bonchev–Trinajstić information content (AvgIpc) is 2.46. The molecular formula is C17H23ClFNO. The Hall–Kier alpha value is -1.09. The van der Waals surface area contributed by atoms with Crippen LogP contribution in [0.5, 0.6) is 0 Å². The van der Waals surface area contributed by atoms with Gasteiger partial charge in [0, 0.05) is 17.7 Å². The molecule has 0 aliphatic carbocycles. The van der Waals surface area contributed by atoms with Crippen LogP contribution in [0, 0.1) is 5.82 Å². The monoisotopic (exact) mass is 311 g/mol. The van der Waals surface area contributed by atoms with Crippen LogP contribution in [0.2, 0.25) is 0 Å². The molecule has 0 aromatic heterocycles. The van der Waals surface area contributed by atoms with Crippen molar-refractivity contribution in [1.82, 2.24) is 0 Å². The molecule has 1 aliphatic heterocycles. The summed E-state index contributed by atoms with van der Waals surface area (Å²) in [5, 5.41) is 2.43. The van der Waals surface area contributed by atoms with Gasteiger partial charge in [-0.15, -0.1) is 11.6 Å². The van der Waals surface area contributed by atoms with Crippen molar-refractivity contribution in [3.63, 3.8) is 0 Å². The van der Waals surface area contributed by atoms with Crippen LogP contribution in [-0.4, -0.2) is 5.91 Å². The molecule has 0 bridgehead atoms. The standard InChI is InChI=1S/C17H23ClFNO/c1-2-3-4-5-6-7-14(18)13-10-12-8-9-17(21)20-16(12)11-15(13)19/h10-11,14H,2-9H2,1H3,(H,20,21). The first-order valence-corrected chi connectivity index (χ1v) is 8.31. The molecule has 21 heavy (non-hydrogen) atoms. The minimum absolute atomic E-state index is 0.0482. The number of halogens is 2. The lowest BCUT2D eigenvalue weighted by atomic mass is 9.97. The number of rotatable bonds is 7. The summed E-state index contributed by atoms with van der Waals surface area (Å²) >= 11 is 6.37. The van der Waals surface area contributed by atoms with Crippen LogP contribution < -0.4 is 5.32 Å². The Morgan fingerprint density at radius 3 is 2.76 bits per heavy atom. The van der Waals surface area contributed by atoms with E-state index >= 15 is 0 Å². The van der Waals surface area contributed by atoms with Crippen LogP contribution in [0.4, 0.5) is 10.1 Å². The van der Waals surface area contributed by atoms with E-state index < -0.39 is 0 Å². The maximum atomic E-state index is 14.1. The molecule has 0 saturated carbocycles. The number of amides is 1. The molecule has 116 valence electrons. The Labute approximate surface area is 131 Å². The SMILES string of the molecule is CCCCCCCC(Cl)c1cc2c(cc1F)NC(=O)CC2. The van der Waals surface area contributed by atoms with Crippen molar-refractivity contribution in [3.05, 3.63) is 29.1 Å². The number of benzene rings is 1. The molecule has 0 fully saturated rings. The molecule has 4 heteroatoms. The second kappa shape index (κ2) is 7.79. The van der Waals surface area contributed by atoms with Crippen LogP contribution >= 0.6 is 11.6 Å². The summed E-state index contributed by atoms with van der Waals surface area (Å²) in [6.45, 7) is 2.19. The van der Waals surface area contributed by atoms with Crippen molar-refractivity contribution < 1.29 is 9.18 Å². The van der Waals surface area contributed by atoms with E-state index in [0.29, 0.717) is 24.1 Å². The first-order chi connectivity index (χ1) is 10.1. The number of hydrogen-bond acceptors (Lipinski definition) is 1. The highest BCUT2D eigenvalue weighted by Gasteiger charge is 2.20. The normalized spacial score (nSPS) is 15.5. The van der Waals surface area contributed by atoms with E-state index in [1.54, 1.807) is 0 Å². The molecule has 1 heterocycles. The molecule has 2 nitrogen and oxygen atoms in total. The van der Waals surface area contributed by atoms with E-state index in [2.05, 4.69) is 12.2 Å². The number of carbonyl (C=O) groups is 1. The van der Waals surface area contributed by atoms with Crippen LogP contribution in [-0.2, 0) is 11.2 Å². The van der Waals surface area contributed by atoms with Crippen molar-refractivity contribution in [1.29, 1.82) is 0 Å². The summed E-state index contributed by atoms with van der Waals surface area (Å²) in [5.41, 5.74) is 2.16. The minimum atomic E-state index is -0.315. The number of nitrogens with one attached hydrogen (secondary N) is 1. The second-order valence-electron chi connectivity index (χ2n) is 5.75. The summed E-state index contributed by atoms with van der Waals surface area (Å²) in [6, 6.07) is 3.24. The van der Waals surface area contributed by atoms with E-state index in [4.69, 9.17) is 11.6 Å². The molecule has 2 rings (SSSR count). The van der Waals surface area contributed by atoms with Crippen molar-refractivity contribution in [2.45, 2.75) is 63.7 Å². The minimum Gasteiger partial charge on any atom is -0.326 e. The lowest BCUT2D eigenvalue weighted by molar-refractivity contribution is -0.116. The number of aryl methyl sites for hydroxylation is 1. The van der Waals surface area contributed by atoms with Gasteiger partial charge in [0.2, 0.25) is 5.91 Å². The summed E-state index contributed by atoms with van der Waals surface area (Å²) < 4.78 is 14.1. The molecule has 1 atom stereocenters. The first kappa shape index (κ1) is 16.3. The number of fused-ring (bicyclic) bond motifs is 1. The quantitative estimate of drug-likeness (QED) is 0.533. The fourth-order valence-corrected chi connectivity index (χ4v) is 3.07. The molecule has 1 unspecified atom stereocenters. The van der Waals surface area contributed by atoms with Crippen molar-refractivity contribution >= 4 is 23.2 Å². The zero-order chi connectivity index (χ0) is 15.2. The van der Waals surface area contributed by atoms with E-state index in [9.17, 15) is 9.18 Å². The maximum Gasteiger partial charge on any atom is 0.224 e. The number of hydrogen-bond donors (Lipinski definition) is 1. The number of unbranched alkanes of at least 4 members (excludes halogenated alkanes) is 4. The third-order valence-electron chi connectivity index (χ3n) is 4.02. The highest BCUT2D eigenvalue weighted by Crippen LogP contribution is 2.34. The van der Waals surface area contributed by atoms with Gasteiger partial charge < -0.3 is 5.32 Å². The summed E-state index contributed by atoms with van der Waals surface area (Å²) in [6.07, 6.45) is 7.79. The average molecular weight is 312 g/mol. The Bertz CT molecular complexity index is 504. The smallest absolute Gasteiger partial charge is 0.224 e. The Morgan fingerprint density at radius 1 is 1.24 bits per heavy atom. The van der Waals surface area contributed by atoms with Gasteiger partial charge in [0.05, 0.1) is 5.38 Å². The lowest BCUT2D eigenvalue weighted by Gasteiger charge is -2.20. The summed E-state index contributed by atoms with van der Waals surface area (Å²) in [4.78, 5) is 11.3. The Balaban J connectivity index is 1.97. The van der Waals surface area contributed by atoms with Gasteiger partial charge in [-0.1, -0.05) is 39.0 Å². The number of anilines is 1. The summed E-state index contributed by atoms with van der Waals surface area (Å²) in [5.74, 6) is -0.363. The second-order valence-corrected chi connectivity index (χ2v) is 6.28. The van der Waals surface area contributed by atoms with Crippen molar-refractivity contribution in [2.75, 3.05) is 5.32 Å². The Kier molecular flexibility index (Phi) is 6.04. The maximum absolute atomic E-state index is 14.1. The molecule has 1 aromatic carbocycles.